The van der Waals surface area contributed by atoms with Crippen LogP contribution in [0.15, 0.2) is 54.4 Å². The van der Waals surface area contributed by atoms with Gasteiger partial charge in [-0.1, -0.05) is 36.4 Å². The van der Waals surface area contributed by atoms with Crippen LogP contribution < -0.4 is 5.32 Å². The highest BCUT2D eigenvalue weighted by atomic mass is 19.1. The van der Waals surface area contributed by atoms with Crippen molar-refractivity contribution in [2.45, 2.75) is 6.92 Å². The summed E-state index contributed by atoms with van der Waals surface area (Å²) >= 11 is 0. The van der Waals surface area contributed by atoms with Crippen molar-refractivity contribution in [3.63, 3.8) is 0 Å². The molecule has 0 aliphatic carbocycles. The minimum atomic E-state index is -0.937. The van der Waals surface area contributed by atoms with Crippen molar-refractivity contribution in [1.29, 1.82) is 0 Å². The van der Waals surface area contributed by atoms with Gasteiger partial charge in [0.1, 0.15) is 0 Å². The van der Waals surface area contributed by atoms with Crippen LogP contribution in [0.5, 0.6) is 0 Å². The Hall–Kier alpha value is -2.62. The first-order chi connectivity index (χ1) is 10.6. The number of halogens is 1. The maximum Gasteiger partial charge on any atom is 0.367 e. The molecule has 0 heterocycles. The number of ether oxygens (including phenoxy) is 1. The fourth-order valence-electron chi connectivity index (χ4n) is 2.03. The van der Waals surface area contributed by atoms with Gasteiger partial charge in [-0.05, 0) is 41.8 Å². The zero-order valence-corrected chi connectivity index (χ0v) is 12.6. The molecule has 22 heavy (non-hydrogen) atoms. The number of hydrogen-bond acceptors (Lipinski definition) is 3. The lowest BCUT2D eigenvalue weighted by Crippen LogP contribution is -2.03. The van der Waals surface area contributed by atoms with Crippen LogP contribution in [0.1, 0.15) is 12.5 Å². The van der Waals surface area contributed by atoms with Gasteiger partial charge in [-0.25, -0.2) is 4.79 Å². The van der Waals surface area contributed by atoms with Crippen LogP contribution in [0.25, 0.3) is 17.2 Å². The van der Waals surface area contributed by atoms with E-state index in [2.05, 4.69) is 10.1 Å². The summed E-state index contributed by atoms with van der Waals surface area (Å²) in [5.41, 5.74) is 3.72. The number of benzene rings is 2. The second-order valence-corrected chi connectivity index (χ2v) is 4.67. The summed E-state index contributed by atoms with van der Waals surface area (Å²) in [6.45, 7) is 1.79. The average Bonchev–Trinajstić information content (AvgIpc) is 2.55. The molecule has 0 radical (unpaired) electrons. The van der Waals surface area contributed by atoms with Crippen LogP contribution in [-0.4, -0.2) is 19.6 Å². The minimum Gasteiger partial charge on any atom is -0.461 e. The van der Waals surface area contributed by atoms with E-state index in [1.807, 2.05) is 43.4 Å². The zero-order chi connectivity index (χ0) is 15.9. The van der Waals surface area contributed by atoms with E-state index >= 15 is 0 Å². The molecule has 0 unspecified atom stereocenters. The molecule has 4 heteroatoms. The Balaban J connectivity index is 2.19. The highest BCUT2D eigenvalue weighted by Gasteiger charge is 2.09. The van der Waals surface area contributed by atoms with Crippen molar-refractivity contribution < 1.29 is 13.9 Å². The van der Waals surface area contributed by atoms with Crippen LogP contribution in [-0.2, 0) is 9.53 Å². The average molecular weight is 299 g/mol. The molecule has 0 saturated carbocycles. The first-order valence-electron chi connectivity index (χ1n) is 7.06. The molecule has 114 valence electrons. The Morgan fingerprint density at radius 3 is 2.55 bits per heavy atom. The molecule has 0 bridgehead atoms. The third kappa shape index (κ3) is 3.95. The van der Waals surface area contributed by atoms with Crippen molar-refractivity contribution in [3.8, 4) is 11.1 Å². The molecule has 2 aromatic carbocycles. The molecule has 1 N–H and O–H groups in total. The lowest BCUT2D eigenvalue weighted by Gasteiger charge is -2.05. The first-order valence-corrected chi connectivity index (χ1v) is 7.06. The van der Waals surface area contributed by atoms with Crippen LogP contribution in [0.2, 0.25) is 0 Å². The normalized spacial score (nSPS) is 11.1. The van der Waals surface area contributed by atoms with Crippen molar-refractivity contribution in [2.24, 2.45) is 0 Å². The van der Waals surface area contributed by atoms with Crippen molar-refractivity contribution >= 4 is 17.7 Å². The topological polar surface area (TPSA) is 38.3 Å². The molecule has 0 aliphatic heterocycles. The molecule has 0 aromatic heterocycles. The Morgan fingerprint density at radius 1 is 1.18 bits per heavy atom. The molecule has 0 atom stereocenters. The fraction of sp³-hybridized carbons (Fsp3) is 0.167. The van der Waals surface area contributed by atoms with Crippen LogP contribution >= 0.6 is 0 Å². The number of hydrogen-bond donors (Lipinski definition) is 1. The number of anilines is 1. The van der Waals surface area contributed by atoms with E-state index in [9.17, 15) is 9.18 Å². The summed E-state index contributed by atoms with van der Waals surface area (Å²) in [7, 11) is 1.87. The van der Waals surface area contributed by atoms with E-state index in [4.69, 9.17) is 0 Å². The van der Waals surface area contributed by atoms with Gasteiger partial charge < -0.3 is 10.1 Å². The highest BCUT2D eigenvalue weighted by Crippen LogP contribution is 2.23. The number of nitrogens with one attached hydrogen (secondary N) is 1. The maximum atomic E-state index is 13.6. The smallest absolute Gasteiger partial charge is 0.367 e. The van der Waals surface area contributed by atoms with Crippen LogP contribution in [0.3, 0.4) is 0 Å². The third-order valence-electron chi connectivity index (χ3n) is 3.16. The van der Waals surface area contributed by atoms with Gasteiger partial charge in [0.25, 0.3) is 0 Å². The molecule has 0 fully saturated rings. The monoisotopic (exact) mass is 299 g/mol. The predicted octanol–water partition coefficient (Wildman–Crippen LogP) is 4.27. The Bertz CT molecular complexity index is 678. The molecule has 0 spiro atoms. The van der Waals surface area contributed by atoms with Gasteiger partial charge >= 0.3 is 5.97 Å². The largest absolute Gasteiger partial charge is 0.461 e. The summed E-state index contributed by atoms with van der Waals surface area (Å²) in [6, 6.07) is 15.3. The van der Waals surface area contributed by atoms with Gasteiger partial charge in [0.2, 0.25) is 5.83 Å². The Labute approximate surface area is 129 Å². The molecular weight excluding hydrogens is 281 g/mol. The summed E-state index contributed by atoms with van der Waals surface area (Å²) in [4.78, 5) is 11.2. The summed E-state index contributed by atoms with van der Waals surface area (Å²) < 4.78 is 18.2. The van der Waals surface area contributed by atoms with Crippen LogP contribution in [0, 0.1) is 0 Å². The lowest BCUT2D eigenvalue weighted by atomic mass is 10.0. The lowest BCUT2D eigenvalue weighted by molar-refractivity contribution is -0.140. The van der Waals surface area contributed by atoms with E-state index in [0.29, 0.717) is 5.56 Å². The second-order valence-electron chi connectivity index (χ2n) is 4.67. The summed E-state index contributed by atoms with van der Waals surface area (Å²) in [5, 5.41) is 3.09. The number of rotatable bonds is 5. The van der Waals surface area contributed by atoms with Crippen molar-refractivity contribution in [1.82, 2.24) is 0 Å². The van der Waals surface area contributed by atoms with E-state index < -0.39 is 11.8 Å². The quantitative estimate of drug-likeness (QED) is 0.662. The highest BCUT2D eigenvalue weighted by molar-refractivity contribution is 5.91. The van der Waals surface area contributed by atoms with Crippen LogP contribution in [0.4, 0.5) is 10.1 Å². The van der Waals surface area contributed by atoms with E-state index in [1.165, 1.54) is 6.08 Å². The fourth-order valence-corrected chi connectivity index (χ4v) is 2.03. The SMILES string of the molecule is CCOC(=O)C(F)=Cc1ccc(-c2cccc(NC)c2)cc1. The predicted molar refractivity (Wildman–Crippen MR) is 87.1 cm³/mol. The summed E-state index contributed by atoms with van der Waals surface area (Å²) in [5.74, 6) is -1.83. The van der Waals surface area contributed by atoms with Crippen molar-refractivity contribution in [2.75, 3.05) is 19.0 Å². The van der Waals surface area contributed by atoms with Gasteiger partial charge in [0.15, 0.2) is 0 Å². The Kier molecular flexibility index (Phi) is 5.31. The minimum absolute atomic E-state index is 0.154. The van der Waals surface area contributed by atoms with Gasteiger partial charge in [-0.15, -0.1) is 0 Å². The maximum absolute atomic E-state index is 13.6. The molecule has 2 aromatic rings. The standard InChI is InChI=1S/C18H18FNO2/c1-3-22-18(21)17(19)11-13-7-9-14(10-8-13)15-5-4-6-16(12-15)20-2/h4-12,20H,3H2,1-2H3. The molecule has 0 aliphatic rings. The molecule has 0 saturated heterocycles. The summed E-state index contributed by atoms with van der Waals surface area (Å²) in [6.07, 6.45) is 1.17. The van der Waals surface area contributed by atoms with E-state index in [0.717, 1.165) is 16.8 Å². The number of carbonyl (C=O) groups excluding carboxylic acids is 1. The first kappa shape index (κ1) is 15.8. The van der Waals surface area contributed by atoms with Gasteiger partial charge in [-0.2, -0.15) is 4.39 Å². The molecule has 2 rings (SSSR count). The third-order valence-corrected chi connectivity index (χ3v) is 3.16. The van der Waals surface area contributed by atoms with Gasteiger partial charge in [-0.3, -0.25) is 0 Å². The van der Waals surface area contributed by atoms with Crippen molar-refractivity contribution in [3.05, 3.63) is 59.9 Å². The number of esters is 1. The van der Waals surface area contributed by atoms with E-state index in [-0.39, 0.29) is 6.61 Å². The second kappa shape index (κ2) is 7.41. The van der Waals surface area contributed by atoms with E-state index in [1.54, 1.807) is 19.1 Å². The zero-order valence-electron chi connectivity index (χ0n) is 12.6. The Morgan fingerprint density at radius 2 is 1.91 bits per heavy atom. The number of carbonyl (C=O) groups is 1. The molecular formula is C18H18FNO2. The van der Waals surface area contributed by atoms with Gasteiger partial charge in [0, 0.05) is 12.7 Å². The van der Waals surface area contributed by atoms with Gasteiger partial charge in [0.05, 0.1) is 6.61 Å². The molecule has 0 amide bonds. The molecule has 3 nitrogen and oxygen atoms in total.